The third kappa shape index (κ3) is 2.87. The van der Waals surface area contributed by atoms with Gasteiger partial charge in [0, 0.05) is 26.2 Å². The predicted octanol–water partition coefficient (Wildman–Crippen LogP) is 2.04. The first-order chi connectivity index (χ1) is 10.1. The minimum atomic E-state index is -3.39. The summed E-state index contributed by atoms with van der Waals surface area (Å²) in [5.41, 5.74) is 7.63. The second-order valence-corrected chi connectivity index (χ2v) is 7.82. The van der Waals surface area contributed by atoms with E-state index < -0.39 is 10.0 Å². The van der Waals surface area contributed by atoms with Crippen LogP contribution in [0.2, 0.25) is 0 Å². The summed E-state index contributed by atoms with van der Waals surface area (Å²) in [4.78, 5) is 2.55. The van der Waals surface area contributed by atoms with Crippen LogP contribution in [0.1, 0.15) is 32.1 Å². The first-order valence-electron chi connectivity index (χ1n) is 7.74. The third-order valence-corrected chi connectivity index (χ3v) is 6.29. The average molecular weight is 309 g/mol. The minimum Gasteiger partial charge on any atom is -0.397 e. The van der Waals surface area contributed by atoms with Gasteiger partial charge in [0.2, 0.25) is 10.0 Å². The third-order valence-electron chi connectivity index (χ3n) is 4.40. The molecular weight excluding hydrogens is 286 g/mol. The molecule has 2 fully saturated rings. The zero-order valence-electron chi connectivity index (χ0n) is 12.3. The molecule has 3 rings (SSSR count). The van der Waals surface area contributed by atoms with Crippen LogP contribution in [0.25, 0.3) is 0 Å². The summed E-state index contributed by atoms with van der Waals surface area (Å²) < 4.78 is 26.8. The van der Waals surface area contributed by atoms with E-state index in [9.17, 15) is 8.42 Å². The molecule has 0 atom stereocenters. The molecule has 2 aliphatic rings. The van der Waals surface area contributed by atoms with Gasteiger partial charge in [-0.25, -0.2) is 8.42 Å². The topological polar surface area (TPSA) is 66.6 Å². The lowest BCUT2D eigenvalue weighted by atomic mass is 10.2. The number of nitrogens with zero attached hydrogens (tertiary/aromatic N) is 2. The normalized spacial score (nSPS) is 20.9. The van der Waals surface area contributed by atoms with E-state index in [0.29, 0.717) is 23.7 Å². The summed E-state index contributed by atoms with van der Waals surface area (Å²) in [6, 6.07) is 5.18. The Kier molecular flexibility index (Phi) is 4.08. The van der Waals surface area contributed by atoms with Crippen molar-refractivity contribution in [2.24, 2.45) is 0 Å². The second kappa shape index (κ2) is 5.85. The van der Waals surface area contributed by atoms with Crippen LogP contribution in [0, 0.1) is 0 Å². The number of anilines is 2. The molecule has 2 aliphatic heterocycles. The lowest BCUT2D eigenvalue weighted by Crippen LogP contribution is -2.35. The first kappa shape index (κ1) is 14.7. The van der Waals surface area contributed by atoms with Crippen LogP contribution in [-0.2, 0) is 10.0 Å². The van der Waals surface area contributed by atoms with Crippen molar-refractivity contribution in [3.05, 3.63) is 18.2 Å². The summed E-state index contributed by atoms with van der Waals surface area (Å²) in [6.07, 6.45) is 5.35. The van der Waals surface area contributed by atoms with Crippen molar-refractivity contribution >= 4 is 21.4 Å². The molecule has 0 aliphatic carbocycles. The van der Waals surface area contributed by atoms with Gasteiger partial charge in [-0.3, -0.25) is 0 Å². The maximum atomic E-state index is 12.6. The van der Waals surface area contributed by atoms with Crippen LogP contribution in [0.5, 0.6) is 0 Å². The summed E-state index contributed by atoms with van der Waals surface area (Å²) in [6.45, 7) is 3.25. The highest BCUT2D eigenvalue weighted by atomic mass is 32.2. The molecule has 21 heavy (non-hydrogen) atoms. The van der Waals surface area contributed by atoms with Gasteiger partial charge in [-0.15, -0.1) is 0 Å². The van der Waals surface area contributed by atoms with E-state index in [1.54, 1.807) is 16.4 Å². The van der Waals surface area contributed by atoms with Gasteiger partial charge in [-0.1, -0.05) is 6.42 Å². The van der Waals surface area contributed by atoms with E-state index in [0.717, 1.165) is 38.0 Å². The van der Waals surface area contributed by atoms with E-state index in [-0.39, 0.29) is 0 Å². The summed E-state index contributed by atoms with van der Waals surface area (Å²) in [5, 5.41) is 0. The van der Waals surface area contributed by atoms with Crippen LogP contribution in [0.3, 0.4) is 0 Å². The lowest BCUT2D eigenvalue weighted by Gasteiger charge is -2.26. The van der Waals surface area contributed by atoms with Crippen LogP contribution < -0.4 is 10.6 Å². The minimum absolute atomic E-state index is 0.324. The Bertz CT molecular complexity index is 603. The van der Waals surface area contributed by atoms with Gasteiger partial charge in [0.25, 0.3) is 0 Å². The zero-order chi connectivity index (χ0) is 14.9. The molecule has 2 N–H and O–H groups in total. The van der Waals surface area contributed by atoms with E-state index in [4.69, 9.17) is 5.73 Å². The molecule has 2 saturated heterocycles. The smallest absolute Gasteiger partial charge is 0.243 e. The van der Waals surface area contributed by atoms with Crippen LogP contribution in [0.4, 0.5) is 11.4 Å². The fourth-order valence-electron chi connectivity index (χ4n) is 3.19. The van der Waals surface area contributed by atoms with Gasteiger partial charge < -0.3 is 10.6 Å². The Morgan fingerprint density at radius 1 is 0.905 bits per heavy atom. The monoisotopic (exact) mass is 309 g/mol. The van der Waals surface area contributed by atoms with Gasteiger partial charge >= 0.3 is 0 Å². The number of rotatable bonds is 3. The number of nitrogens with two attached hydrogens (primary N) is 1. The van der Waals surface area contributed by atoms with Crippen molar-refractivity contribution in [3.8, 4) is 0 Å². The maximum Gasteiger partial charge on any atom is 0.243 e. The molecule has 1 aromatic carbocycles. The fraction of sp³-hybridized carbons (Fsp3) is 0.600. The number of hydrogen-bond donors (Lipinski definition) is 1. The van der Waals surface area contributed by atoms with E-state index in [1.807, 2.05) is 6.07 Å². The summed E-state index contributed by atoms with van der Waals surface area (Å²) in [5.74, 6) is 0. The van der Waals surface area contributed by atoms with Crippen molar-refractivity contribution in [1.29, 1.82) is 0 Å². The Balaban J connectivity index is 1.86. The Labute approximate surface area is 126 Å². The molecule has 0 spiro atoms. The first-order valence-corrected chi connectivity index (χ1v) is 9.18. The highest BCUT2D eigenvalue weighted by molar-refractivity contribution is 7.89. The molecule has 0 aromatic heterocycles. The lowest BCUT2D eigenvalue weighted by molar-refractivity contribution is 0.346. The molecule has 0 radical (unpaired) electrons. The molecule has 0 amide bonds. The molecule has 116 valence electrons. The second-order valence-electron chi connectivity index (χ2n) is 5.88. The SMILES string of the molecule is Nc1cc(S(=O)(=O)N2CCCCC2)ccc1N1CCCC1. The summed E-state index contributed by atoms with van der Waals surface area (Å²) in [7, 11) is -3.39. The largest absolute Gasteiger partial charge is 0.397 e. The maximum absolute atomic E-state index is 12.6. The van der Waals surface area contributed by atoms with Crippen LogP contribution in [0.15, 0.2) is 23.1 Å². The number of piperidine rings is 1. The van der Waals surface area contributed by atoms with E-state index >= 15 is 0 Å². The Morgan fingerprint density at radius 2 is 1.52 bits per heavy atom. The van der Waals surface area contributed by atoms with E-state index in [2.05, 4.69) is 4.90 Å². The molecule has 2 heterocycles. The van der Waals surface area contributed by atoms with E-state index in [1.165, 1.54) is 12.8 Å². The molecule has 0 unspecified atom stereocenters. The Hall–Kier alpha value is -1.27. The number of sulfonamides is 1. The molecular formula is C15H23N3O2S. The number of hydrogen-bond acceptors (Lipinski definition) is 4. The highest BCUT2D eigenvalue weighted by Crippen LogP contribution is 2.30. The number of benzene rings is 1. The zero-order valence-corrected chi connectivity index (χ0v) is 13.1. The number of nitrogen functional groups attached to an aromatic ring is 1. The fourth-order valence-corrected chi connectivity index (χ4v) is 4.75. The predicted molar refractivity (Wildman–Crippen MR) is 84.9 cm³/mol. The van der Waals surface area contributed by atoms with Crippen molar-refractivity contribution in [2.45, 2.75) is 37.0 Å². The van der Waals surface area contributed by atoms with Crippen LogP contribution >= 0.6 is 0 Å². The van der Waals surface area contributed by atoms with Crippen molar-refractivity contribution in [1.82, 2.24) is 4.31 Å². The molecule has 5 nitrogen and oxygen atoms in total. The highest BCUT2D eigenvalue weighted by Gasteiger charge is 2.27. The molecule has 0 bridgehead atoms. The standard InChI is InChI=1S/C15H23N3O2S/c16-14-12-13(6-7-15(14)17-8-4-5-9-17)21(19,20)18-10-2-1-3-11-18/h6-7,12H,1-5,8-11,16H2. The van der Waals surface area contributed by atoms with Crippen molar-refractivity contribution in [3.63, 3.8) is 0 Å². The molecule has 1 aromatic rings. The van der Waals surface area contributed by atoms with Crippen LogP contribution in [-0.4, -0.2) is 38.9 Å². The Morgan fingerprint density at radius 3 is 2.14 bits per heavy atom. The van der Waals surface area contributed by atoms with Crippen molar-refractivity contribution in [2.75, 3.05) is 36.8 Å². The van der Waals surface area contributed by atoms with Crippen molar-refractivity contribution < 1.29 is 8.42 Å². The quantitative estimate of drug-likeness (QED) is 0.868. The average Bonchev–Trinajstić information content (AvgIpc) is 3.02. The van der Waals surface area contributed by atoms with Gasteiger partial charge in [0.05, 0.1) is 16.3 Å². The summed E-state index contributed by atoms with van der Waals surface area (Å²) >= 11 is 0. The van der Waals surface area contributed by atoms with Gasteiger partial charge in [0.1, 0.15) is 0 Å². The van der Waals surface area contributed by atoms with Gasteiger partial charge in [0.15, 0.2) is 0 Å². The van der Waals surface area contributed by atoms with Gasteiger partial charge in [-0.05, 0) is 43.9 Å². The molecule has 0 saturated carbocycles. The van der Waals surface area contributed by atoms with Gasteiger partial charge in [-0.2, -0.15) is 4.31 Å². The molecule has 6 heteroatoms.